The maximum Gasteiger partial charge on any atom is 0.0637 e. The molecule has 0 aromatic heterocycles. The summed E-state index contributed by atoms with van der Waals surface area (Å²) in [7, 11) is 0. The van der Waals surface area contributed by atoms with Gasteiger partial charge in [0.25, 0.3) is 0 Å². The first-order valence-electron chi connectivity index (χ1n) is 19.4. The lowest BCUT2D eigenvalue weighted by atomic mass is 9.43. The van der Waals surface area contributed by atoms with Gasteiger partial charge >= 0.3 is 0 Å². The topological polar surface area (TPSA) is 115 Å². The third-order valence-electron chi connectivity index (χ3n) is 13.3. The van der Waals surface area contributed by atoms with Gasteiger partial charge in [-0.15, -0.1) is 0 Å². The first-order valence-corrected chi connectivity index (χ1v) is 19.4. The van der Waals surface area contributed by atoms with Crippen LogP contribution in [0.25, 0.3) is 0 Å². The van der Waals surface area contributed by atoms with Crippen LogP contribution in [0, 0.1) is 46.3 Å². The van der Waals surface area contributed by atoms with E-state index in [4.69, 9.17) is 36.1 Å². The van der Waals surface area contributed by atoms with Crippen LogP contribution in [-0.4, -0.2) is 71.0 Å². The lowest BCUT2D eigenvalue weighted by Crippen LogP contribution is -2.63. The van der Waals surface area contributed by atoms with Crippen LogP contribution >= 0.6 is 0 Å². The van der Waals surface area contributed by atoms with Crippen LogP contribution in [0.1, 0.15) is 124 Å². The van der Waals surface area contributed by atoms with Crippen molar-refractivity contribution in [2.24, 2.45) is 63.5 Å². The fourth-order valence-corrected chi connectivity index (χ4v) is 10.9. The van der Waals surface area contributed by atoms with E-state index in [1.165, 1.54) is 57.8 Å². The van der Waals surface area contributed by atoms with Crippen LogP contribution in [0.15, 0.2) is 0 Å². The van der Waals surface area contributed by atoms with Gasteiger partial charge in [-0.25, -0.2) is 0 Å². The van der Waals surface area contributed by atoms with Crippen molar-refractivity contribution < 1.29 is 18.9 Å². The molecule has 264 valence electrons. The molecule has 0 radical (unpaired) electrons. The minimum Gasteiger partial charge on any atom is -0.381 e. The van der Waals surface area contributed by atoms with Gasteiger partial charge < -0.3 is 36.1 Å². The lowest BCUT2D eigenvalue weighted by Gasteiger charge is -2.65. The highest BCUT2D eigenvalue weighted by molar-refractivity contribution is 5.15. The molecule has 0 heterocycles. The first-order chi connectivity index (χ1) is 21.8. The minimum absolute atomic E-state index is 0.165. The monoisotopic (exact) mass is 636 g/mol. The van der Waals surface area contributed by atoms with Gasteiger partial charge in [0, 0.05) is 38.4 Å². The Morgan fingerprint density at radius 3 is 2.11 bits per heavy atom. The summed E-state index contributed by atoms with van der Waals surface area (Å²) in [5.74, 6) is 3.82. The Hall–Kier alpha value is -0.280. The predicted octanol–water partition coefficient (Wildman–Crippen LogP) is 6.69. The molecule has 0 bridgehead atoms. The second-order valence-electron chi connectivity index (χ2n) is 15.9. The van der Waals surface area contributed by atoms with E-state index in [1.807, 2.05) is 0 Å². The van der Waals surface area contributed by atoms with E-state index in [-0.39, 0.29) is 11.5 Å². The molecule has 6 N–H and O–H groups in total. The number of rotatable bonds is 21. The van der Waals surface area contributed by atoms with E-state index >= 15 is 0 Å². The van der Waals surface area contributed by atoms with Crippen LogP contribution in [-0.2, 0) is 18.9 Å². The third-order valence-corrected chi connectivity index (χ3v) is 13.3. The zero-order valence-electron chi connectivity index (χ0n) is 29.8. The molecule has 5 unspecified atom stereocenters. The van der Waals surface area contributed by atoms with Gasteiger partial charge in [-0.3, -0.25) is 0 Å². The molecule has 4 saturated carbocycles. The van der Waals surface area contributed by atoms with Crippen LogP contribution in [0.2, 0.25) is 0 Å². The Kier molecular flexibility index (Phi) is 15.4. The SMILES string of the molecule is CCCCCOCCC[C@@H](C)C1CC[C@H]2C3[C@H](OCCCN)CC4C[C@H](OCCCN)CCC4(C)[C@H]3C[C@H](OCCCN)C12C. The molecule has 4 fully saturated rings. The largest absolute Gasteiger partial charge is 0.381 e. The third kappa shape index (κ3) is 8.85. The van der Waals surface area contributed by atoms with Crippen molar-refractivity contribution >= 4 is 0 Å². The summed E-state index contributed by atoms with van der Waals surface area (Å²) in [5, 5.41) is 0. The van der Waals surface area contributed by atoms with Crippen LogP contribution < -0.4 is 17.2 Å². The predicted molar refractivity (Wildman–Crippen MR) is 185 cm³/mol. The molecular weight excluding hydrogens is 562 g/mol. The van der Waals surface area contributed by atoms with Crippen molar-refractivity contribution in [2.45, 2.75) is 142 Å². The Bertz CT molecular complexity index is 833. The fourth-order valence-electron chi connectivity index (χ4n) is 10.9. The van der Waals surface area contributed by atoms with E-state index in [0.717, 1.165) is 71.6 Å². The van der Waals surface area contributed by atoms with E-state index < -0.39 is 0 Å². The van der Waals surface area contributed by atoms with Crippen LogP contribution in [0.3, 0.4) is 0 Å². The fraction of sp³-hybridized carbons (Fsp3) is 1.00. The van der Waals surface area contributed by atoms with E-state index in [1.54, 1.807) is 0 Å². The van der Waals surface area contributed by atoms with Crippen molar-refractivity contribution in [3.8, 4) is 0 Å². The maximum absolute atomic E-state index is 7.00. The summed E-state index contributed by atoms with van der Waals surface area (Å²) < 4.78 is 26.3. The molecule has 0 aliphatic heterocycles. The van der Waals surface area contributed by atoms with Gasteiger partial charge in [0.05, 0.1) is 18.3 Å². The normalized spacial score (nSPS) is 38.5. The van der Waals surface area contributed by atoms with E-state index in [9.17, 15) is 0 Å². The Balaban J connectivity index is 1.54. The van der Waals surface area contributed by atoms with Gasteiger partial charge in [-0.1, -0.05) is 40.5 Å². The molecule has 0 spiro atoms. The molecule has 45 heavy (non-hydrogen) atoms. The summed E-state index contributed by atoms with van der Waals surface area (Å²) in [4.78, 5) is 0. The molecule has 0 aromatic rings. The molecule has 4 rings (SSSR count). The smallest absolute Gasteiger partial charge is 0.0637 e. The molecule has 0 saturated heterocycles. The number of hydrogen-bond donors (Lipinski definition) is 3. The molecule has 11 atom stereocenters. The molecule has 4 aliphatic carbocycles. The van der Waals surface area contributed by atoms with Gasteiger partial charge in [-0.2, -0.15) is 0 Å². The number of nitrogens with two attached hydrogens (primary N) is 3. The Morgan fingerprint density at radius 1 is 0.711 bits per heavy atom. The molecule has 7 nitrogen and oxygen atoms in total. The van der Waals surface area contributed by atoms with Gasteiger partial charge in [0.1, 0.15) is 0 Å². The molecular formula is C38H73N3O4. The second kappa shape index (κ2) is 18.5. The Morgan fingerprint density at radius 2 is 1.40 bits per heavy atom. The summed E-state index contributed by atoms with van der Waals surface area (Å²) in [5.41, 5.74) is 18.2. The van der Waals surface area contributed by atoms with Gasteiger partial charge in [0.2, 0.25) is 0 Å². The second-order valence-corrected chi connectivity index (χ2v) is 15.9. The number of fused-ring (bicyclic) bond motifs is 5. The number of unbranched alkanes of at least 4 members (excludes halogenated alkanes) is 2. The zero-order valence-corrected chi connectivity index (χ0v) is 29.8. The number of hydrogen-bond acceptors (Lipinski definition) is 7. The maximum atomic E-state index is 7.00. The summed E-state index contributed by atoms with van der Waals surface area (Å²) >= 11 is 0. The Labute approximate surface area is 277 Å². The van der Waals surface area contributed by atoms with Crippen molar-refractivity contribution in [1.82, 2.24) is 0 Å². The van der Waals surface area contributed by atoms with Crippen molar-refractivity contribution in [3.63, 3.8) is 0 Å². The lowest BCUT2D eigenvalue weighted by molar-refractivity contribution is -0.227. The highest BCUT2D eigenvalue weighted by Gasteiger charge is 2.66. The average Bonchev–Trinajstić information content (AvgIpc) is 3.39. The van der Waals surface area contributed by atoms with Gasteiger partial charge in [-0.05, 0) is 144 Å². The van der Waals surface area contributed by atoms with Crippen LogP contribution in [0.5, 0.6) is 0 Å². The van der Waals surface area contributed by atoms with E-state index in [0.29, 0.717) is 72.8 Å². The molecule has 0 aromatic carbocycles. The quantitative estimate of drug-likeness (QED) is 0.120. The van der Waals surface area contributed by atoms with Crippen molar-refractivity contribution in [2.75, 3.05) is 52.7 Å². The standard InChI is InChI=1S/C38H73N3O4/c1-5-6-7-20-42-21-8-12-28(2)31-13-14-32-36-33(27-35(38(31,32)4)45-24-11-19-41)37(3)16-15-30(43-22-9-17-39)25-29(37)26-34(36)44-23-10-18-40/h28-36H,5-27,39-41H2,1-4H3/t28-,29?,30-,31?,32+,33+,34-,35+,36?,37?,38?/m1/s1. The molecule has 7 heteroatoms. The van der Waals surface area contributed by atoms with Crippen LogP contribution in [0.4, 0.5) is 0 Å². The van der Waals surface area contributed by atoms with Gasteiger partial charge in [0.15, 0.2) is 0 Å². The summed E-state index contributed by atoms with van der Waals surface area (Å²) in [6, 6.07) is 0. The summed E-state index contributed by atoms with van der Waals surface area (Å²) in [6.07, 6.45) is 18.4. The van der Waals surface area contributed by atoms with E-state index in [2.05, 4.69) is 27.7 Å². The summed E-state index contributed by atoms with van der Waals surface area (Å²) in [6.45, 7) is 16.3. The van der Waals surface area contributed by atoms with Crippen molar-refractivity contribution in [3.05, 3.63) is 0 Å². The molecule has 4 aliphatic rings. The highest BCUT2D eigenvalue weighted by atomic mass is 16.5. The highest BCUT2D eigenvalue weighted by Crippen LogP contribution is 2.69. The van der Waals surface area contributed by atoms with Crippen molar-refractivity contribution in [1.29, 1.82) is 0 Å². The average molecular weight is 636 g/mol. The first kappa shape index (κ1) is 37.5. The minimum atomic E-state index is 0.165. The molecule has 0 amide bonds. The number of ether oxygens (including phenoxy) is 4. The zero-order chi connectivity index (χ0) is 32.3.